The van der Waals surface area contributed by atoms with Crippen molar-refractivity contribution >= 4 is 7.12 Å². The van der Waals surface area contributed by atoms with Gasteiger partial charge < -0.3 is 10.0 Å². The largest absolute Gasteiger partial charge is 1.00 e. The summed E-state index contributed by atoms with van der Waals surface area (Å²) in [6.07, 6.45) is -2.67. The Morgan fingerprint density at radius 1 is 1.06 bits per heavy atom. The maximum Gasteiger partial charge on any atom is 1.00 e. The number of alkyl halides is 3. The zero-order valence-electron chi connectivity index (χ0n) is 9.49. The predicted octanol–water partition coefficient (Wildman–Crippen LogP) is -6.33. The average Bonchev–Trinajstić information content (AvgIpc) is 2.64. The van der Waals surface area contributed by atoms with Crippen LogP contribution in [0, 0.1) is 0 Å². The SMILES string of the molecule is [K+].[K+].[O-]B([O-])C1(c2ccccc2)C(F)C1(F)F. The van der Waals surface area contributed by atoms with Crippen molar-refractivity contribution in [2.45, 2.75) is 17.4 Å². The summed E-state index contributed by atoms with van der Waals surface area (Å²) in [5.74, 6) is -3.84. The van der Waals surface area contributed by atoms with Gasteiger partial charge in [-0.25, -0.2) is 13.2 Å². The monoisotopic (exact) mass is 292 g/mol. The van der Waals surface area contributed by atoms with Crippen molar-refractivity contribution in [2.75, 3.05) is 0 Å². The second kappa shape index (κ2) is 6.82. The molecule has 2 unspecified atom stereocenters. The summed E-state index contributed by atoms with van der Waals surface area (Å²) in [6, 6.07) is 6.67. The summed E-state index contributed by atoms with van der Waals surface area (Å²) in [5.41, 5.74) is -0.225. The van der Waals surface area contributed by atoms with E-state index in [0.717, 1.165) is 0 Å². The van der Waals surface area contributed by atoms with E-state index in [1.807, 2.05) is 0 Å². The molecule has 2 rings (SSSR count). The molecule has 0 bridgehead atoms. The molecule has 0 amide bonds. The summed E-state index contributed by atoms with van der Waals surface area (Å²) in [7, 11) is -2.91. The zero-order valence-corrected chi connectivity index (χ0v) is 15.7. The first-order valence-corrected chi connectivity index (χ1v) is 4.34. The fourth-order valence-electron chi connectivity index (χ4n) is 1.85. The molecule has 1 fully saturated rings. The van der Waals surface area contributed by atoms with Crippen LogP contribution in [0.3, 0.4) is 0 Å². The molecule has 1 saturated carbocycles. The van der Waals surface area contributed by atoms with Crippen LogP contribution in [-0.2, 0) is 5.31 Å². The number of hydrogen-bond donors (Lipinski definition) is 0. The first-order chi connectivity index (χ1) is 6.95. The van der Waals surface area contributed by atoms with E-state index in [1.165, 1.54) is 30.3 Å². The van der Waals surface area contributed by atoms with E-state index < -0.39 is 24.5 Å². The average molecular weight is 292 g/mol. The fourth-order valence-corrected chi connectivity index (χ4v) is 1.85. The summed E-state index contributed by atoms with van der Waals surface area (Å²) >= 11 is 0. The van der Waals surface area contributed by atoms with Crippen LogP contribution in [0.5, 0.6) is 0 Å². The molecule has 1 aromatic rings. The zero-order chi connectivity index (χ0) is 11.3. The molecule has 0 saturated heterocycles. The van der Waals surface area contributed by atoms with Gasteiger partial charge >= 0.3 is 103 Å². The summed E-state index contributed by atoms with van der Waals surface area (Å²) in [5, 5.41) is 18.8. The van der Waals surface area contributed by atoms with Crippen LogP contribution in [-0.4, -0.2) is 19.2 Å². The smallest absolute Gasteiger partial charge is 0.892 e. The van der Waals surface area contributed by atoms with Crippen molar-refractivity contribution in [3.05, 3.63) is 35.9 Å². The van der Waals surface area contributed by atoms with Gasteiger partial charge in [0.2, 0.25) is 0 Å². The molecule has 8 heteroatoms. The van der Waals surface area contributed by atoms with Crippen molar-refractivity contribution in [1.29, 1.82) is 0 Å². The Balaban J connectivity index is 0.00000128. The summed E-state index contributed by atoms with van der Waals surface area (Å²) in [4.78, 5) is 0. The van der Waals surface area contributed by atoms with E-state index in [-0.39, 0.29) is 108 Å². The molecular formula is C9H6BF3K2O2. The van der Waals surface area contributed by atoms with Crippen molar-refractivity contribution in [1.82, 2.24) is 0 Å². The second-order valence-corrected chi connectivity index (χ2v) is 3.55. The van der Waals surface area contributed by atoms with Crippen molar-refractivity contribution in [3.8, 4) is 0 Å². The standard InChI is InChI=1S/C9H6BF3O2.2K/c11-7-8(10(14)15,9(7,12)13)6-4-2-1-3-5-6;;/h1-5,7H;;/q-2;2*+1. The summed E-state index contributed by atoms with van der Waals surface area (Å²) < 4.78 is 39.0. The van der Waals surface area contributed by atoms with Crippen LogP contribution in [0.25, 0.3) is 0 Å². The van der Waals surface area contributed by atoms with Gasteiger partial charge in [0.25, 0.3) is 5.92 Å². The topological polar surface area (TPSA) is 46.1 Å². The van der Waals surface area contributed by atoms with Crippen molar-refractivity contribution in [2.24, 2.45) is 0 Å². The van der Waals surface area contributed by atoms with Crippen LogP contribution in [0.1, 0.15) is 5.56 Å². The third-order valence-corrected chi connectivity index (χ3v) is 2.81. The molecule has 0 heterocycles. The van der Waals surface area contributed by atoms with Crippen LogP contribution in [0.2, 0.25) is 0 Å². The number of hydrogen-bond acceptors (Lipinski definition) is 2. The molecule has 80 valence electrons. The quantitative estimate of drug-likeness (QED) is 0.509. The van der Waals surface area contributed by atoms with E-state index in [9.17, 15) is 23.2 Å². The molecule has 0 radical (unpaired) electrons. The first-order valence-electron chi connectivity index (χ1n) is 4.34. The molecule has 0 N–H and O–H groups in total. The van der Waals surface area contributed by atoms with Gasteiger partial charge in [0.15, 0.2) is 6.17 Å². The molecule has 17 heavy (non-hydrogen) atoms. The molecule has 1 aliphatic carbocycles. The second-order valence-electron chi connectivity index (χ2n) is 3.55. The normalized spacial score (nSPS) is 28.6. The predicted molar refractivity (Wildman–Crippen MR) is 43.7 cm³/mol. The maximum absolute atomic E-state index is 13.0. The Hall–Kier alpha value is 2.27. The van der Waals surface area contributed by atoms with Crippen molar-refractivity contribution in [3.63, 3.8) is 0 Å². The van der Waals surface area contributed by atoms with Crippen LogP contribution in [0.4, 0.5) is 13.2 Å². The first kappa shape index (κ1) is 19.3. The fraction of sp³-hybridized carbons (Fsp3) is 0.333. The molecule has 2 atom stereocenters. The van der Waals surface area contributed by atoms with E-state index in [4.69, 9.17) is 0 Å². The Kier molecular flexibility index (Phi) is 7.73. The molecule has 0 aliphatic heterocycles. The van der Waals surface area contributed by atoms with Crippen LogP contribution >= 0.6 is 0 Å². The van der Waals surface area contributed by atoms with E-state index in [1.54, 1.807) is 0 Å². The third-order valence-electron chi connectivity index (χ3n) is 2.81. The maximum atomic E-state index is 13.0. The Morgan fingerprint density at radius 3 is 1.76 bits per heavy atom. The van der Waals surface area contributed by atoms with Gasteiger partial charge in [-0.1, -0.05) is 37.5 Å². The number of halogens is 3. The minimum atomic E-state index is -3.84. The third kappa shape index (κ3) is 2.84. The van der Waals surface area contributed by atoms with Gasteiger partial charge in [-0.15, -0.1) is 0 Å². The van der Waals surface area contributed by atoms with E-state index in [2.05, 4.69) is 0 Å². The van der Waals surface area contributed by atoms with Gasteiger partial charge in [-0.3, -0.25) is 0 Å². The molecule has 0 spiro atoms. The minimum absolute atomic E-state index is 0. The van der Waals surface area contributed by atoms with Gasteiger partial charge in [-0.2, -0.15) is 0 Å². The Bertz CT molecular complexity index is 380. The number of rotatable bonds is 2. The Labute approximate surface area is 182 Å². The number of benzene rings is 1. The molecular weight excluding hydrogens is 286 g/mol. The van der Waals surface area contributed by atoms with Crippen molar-refractivity contribution < 1.29 is 126 Å². The molecule has 0 aromatic heterocycles. The van der Waals surface area contributed by atoms with E-state index in [0.29, 0.717) is 0 Å². The minimum Gasteiger partial charge on any atom is -0.892 e. The molecule has 2 nitrogen and oxygen atoms in total. The van der Waals surface area contributed by atoms with Crippen LogP contribution < -0.4 is 113 Å². The van der Waals surface area contributed by atoms with Gasteiger partial charge in [-0.05, 0) is 5.56 Å². The summed E-state index contributed by atoms with van der Waals surface area (Å²) in [6.45, 7) is 0. The van der Waals surface area contributed by atoms with Crippen LogP contribution in [0.15, 0.2) is 30.3 Å². The Morgan fingerprint density at radius 2 is 1.47 bits per heavy atom. The molecule has 1 aliphatic rings. The van der Waals surface area contributed by atoms with Gasteiger partial charge in [0.1, 0.15) is 0 Å². The van der Waals surface area contributed by atoms with E-state index >= 15 is 0 Å². The molecule has 1 aromatic carbocycles. The van der Waals surface area contributed by atoms with Gasteiger partial charge in [0, 0.05) is 5.31 Å². The van der Waals surface area contributed by atoms with Gasteiger partial charge in [0.05, 0.1) is 0 Å².